The van der Waals surface area contributed by atoms with E-state index in [4.69, 9.17) is 34.3 Å². The molecule has 1 aromatic heterocycles. The van der Waals surface area contributed by atoms with Gasteiger partial charge in [-0.25, -0.2) is 9.78 Å². The fourth-order valence-electron chi connectivity index (χ4n) is 2.96. The standard InChI is InChI=1S/C17H17ClN4O2S/c1-3-24-16(23)11-8(2)20-15-13(14(19)21-17(25)22-15)12(11)9-4-6-10(18)7-5-9/h4-7,12H,3H2,1-2H3,(H4,19,20,21,22,25). The van der Waals surface area contributed by atoms with Crippen LogP contribution >= 0.6 is 23.8 Å². The third kappa shape index (κ3) is 3.25. The summed E-state index contributed by atoms with van der Waals surface area (Å²) in [6.45, 7) is 3.85. The molecule has 0 saturated carbocycles. The number of hydrogen-bond donors (Lipinski definition) is 3. The first-order valence-corrected chi connectivity index (χ1v) is 8.51. The number of esters is 1. The molecule has 1 aromatic carbocycles. The van der Waals surface area contributed by atoms with Gasteiger partial charge in [-0.2, -0.15) is 0 Å². The van der Waals surface area contributed by atoms with Crippen LogP contribution < -0.4 is 11.1 Å². The van der Waals surface area contributed by atoms with Crippen LogP contribution in [0.25, 0.3) is 0 Å². The number of nitrogen functional groups attached to an aromatic ring is 1. The molecule has 0 saturated heterocycles. The number of allylic oxidation sites excluding steroid dienone is 1. The Bertz CT molecular complexity index is 921. The molecule has 0 aliphatic carbocycles. The second kappa shape index (κ2) is 6.85. The van der Waals surface area contributed by atoms with Crippen LogP contribution in [0.3, 0.4) is 0 Å². The molecule has 8 heteroatoms. The molecular weight excluding hydrogens is 360 g/mol. The summed E-state index contributed by atoms with van der Waals surface area (Å²) in [5.41, 5.74) is 8.82. The van der Waals surface area contributed by atoms with Crippen molar-refractivity contribution in [2.45, 2.75) is 19.8 Å². The third-order valence-corrected chi connectivity index (χ3v) is 4.43. The normalized spacial score (nSPS) is 16.2. The predicted molar refractivity (Wildman–Crippen MR) is 100 cm³/mol. The summed E-state index contributed by atoms with van der Waals surface area (Å²) in [6.07, 6.45) is 0. The lowest BCUT2D eigenvalue weighted by Crippen LogP contribution is -2.26. The van der Waals surface area contributed by atoms with Crippen molar-refractivity contribution < 1.29 is 9.53 Å². The van der Waals surface area contributed by atoms with Crippen molar-refractivity contribution in [3.8, 4) is 0 Å². The zero-order valence-electron chi connectivity index (χ0n) is 13.7. The molecule has 4 N–H and O–H groups in total. The Morgan fingerprint density at radius 3 is 2.72 bits per heavy atom. The Balaban J connectivity index is 2.26. The number of anilines is 2. The van der Waals surface area contributed by atoms with Crippen molar-refractivity contribution >= 4 is 41.4 Å². The minimum Gasteiger partial charge on any atom is -0.463 e. The number of nitrogens with zero attached hydrogens (tertiary/aromatic N) is 1. The molecule has 1 atom stereocenters. The fourth-order valence-corrected chi connectivity index (χ4v) is 3.29. The first kappa shape index (κ1) is 17.4. The molecule has 1 aliphatic heterocycles. The maximum absolute atomic E-state index is 12.6. The van der Waals surface area contributed by atoms with Crippen molar-refractivity contribution in [2.24, 2.45) is 0 Å². The smallest absolute Gasteiger partial charge is 0.336 e. The molecular formula is C17H17ClN4O2S. The second-order valence-electron chi connectivity index (χ2n) is 5.59. The molecule has 1 aliphatic rings. The lowest BCUT2D eigenvalue weighted by Gasteiger charge is -2.30. The van der Waals surface area contributed by atoms with Crippen LogP contribution in [-0.4, -0.2) is 22.5 Å². The average Bonchev–Trinajstić information content (AvgIpc) is 2.54. The molecule has 0 radical (unpaired) electrons. The van der Waals surface area contributed by atoms with E-state index in [2.05, 4.69) is 15.3 Å². The van der Waals surface area contributed by atoms with Crippen molar-refractivity contribution in [1.82, 2.24) is 9.97 Å². The SMILES string of the molecule is CCOC(=O)C1=C(C)Nc2nc(=S)[nH]c(N)c2C1c1ccc(Cl)cc1. The number of rotatable bonds is 3. The predicted octanol–water partition coefficient (Wildman–Crippen LogP) is 3.77. The van der Waals surface area contributed by atoms with Gasteiger partial charge in [0.05, 0.1) is 18.1 Å². The number of nitrogens with two attached hydrogens (primary N) is 1. The number of H-pyrrole nitrogens is 1. The first-order valence-electron chi connectivity index (χ1n) is 7.72. The molecule has 2 heterocycles. The van der Waals surface area contributed by atoms with E-state index in [0.29, 0.717) is 33.5 Å². The minimum absolute atomic E-state index is 0.269. The molecule has 1 unspecified atom stereocenters. The van der Waals surface area contributed by atoms with E-state index in [0.717, 1.165) is 5.56 Å². The van der Waals surface area contributed by atoms with E-state index in [1.807, 2.05) is 12.1 Å². The molecule has 130 valence electrons. The number of fused-ring (bicyclic) bond motifs is 1. The molecule has 2 aromatic rings. The zero-order chi connectivity index (χ0) is 18.1. The van der Waals surface area contributed by atoms with Crippen LogP contribution in [0.15, 0.2) is 35.5 Å². The first-order chi connectivity index (χ1) is 11.9. The van der Waals surface area contributed by atoms with E-state index in [1.54, 1.807) is 26.0 Å². The van der Waals surface area contributed by atoms with Gasteiger partial charge >= 0.3 is 5.97 Å². The van der Waals surface area contributed by atoms with Crippen molar-refractivity contribution in [3.05, 3.63) is 56.5 Å². The Morgan fingerprint density at radius 1 is 1.40 bits per heavy atom. The molecule has 0 spiro atoms. The third-order valence-electron chi connectivity index (χ3n) is 3.99. The number of halogens is 1. The van der Waals surface area contributed by atoms with Crippen LogP contribution in [0.5, 0.6) is 0 Å². The van der Waals surface area contributed by atoms with Gasteiger partial charge in [-0.05, 0) is 43.8 Å². The van der Waals surface area contributed by atoms with Gasteiger partial charge in [0.25, 0.3) is 0 Å². The van der Waals surface area contributed by atoms with Gasteiger partial charge in [-0.15, -0.1) is 0 Å². The summed E-state index contributed by atoms with van der Waals surface area (Å²) >= 11 is 11.1. The summed E-state index contributed by atoms with van der Waals surface area (Å²) in [5.74, 6) is 0.0513. The molecule has 3 rings (SSSR count). The summed E-state index contributed by atoms with van der Waals surface area (Å²) in [5, 5.41) is 3.72. The van der Waals surface area contributed by atoms with Gasteiger partial charge < -0.3 is 20.8 Å². The number of ether oxygens (including phenoxy) is 1. The highest BCUT2D eigenvalue weighted by atomic mass is 35.5. The molecule has 25 heavy (non-hydrogen) atoms. The molecule has 6 nitrogen and oxygen atoms in total. The Hall–Kier alpha value is -2.38. The monoisotopic (exact) mass is 376 g/mol. The van der Waals surface area contributed by atoms with Crippen LogP contribution in [0.4, 0.5) is 11.6 Å². The number of aromatic nitrogens is 2. The molecule has 0 bridgehead atoms. The highest BCUT2D eigenvalue weighted by molar-refractivity contribution is 7.71. The van der Waals surface area contributed by atoms with Crippen molar-refractivity contribution in [2.75, 3.05) is 17.7 Å². The minimum atomic E-state index is -0.438. The number of aromatic amines is 1. The lowest BCUT2D eigenvalue weighted by atomic mass is 9.82. The largest absolute Gasteiger partial charge is 0.463 e. The van der Waals surface area contributed by atoms with Crippen molar-refractivity contribution in [1.29, 1.82) is 0 Å². The summed E-state index contributed by atoms with van der Waals surface area (Å²) in [4.78, 5) is 19.8. The number of benzene rings is 1. The lowest BCUT2D eigenvalue weighted by molar-refractivity contribution is -0.138. The van der Waals surface area contributed by atoms with Gasteiger partial charge in [0.2, 0.25) is 0 Å². The Kier molecular flexibility index (Phi) is 4.78. The number of carbonyl (C=O) groups excluding carboxylic acids is 1. The average molecular weight is 377 g/mol. The summed E-state index contributed by atoms with van der Waals surface area (Å²) < 4.78 is 5.52. The van der Waals surface area contributed by atoms with E-state index in [-0.39, 0.29) is 11.4 Å². The molecule has 0 amide bonds. The van der Waals surface area contributed by atoms with E-state index < -0.39 is 11.9 Å². The second-order valence-corrected chi connectivity index (χ2v) is 6.41. The number of carbonyl (C=O) groups is 1. The van der Waals surface area contributed by atoms with E-state index in [9.17, 15) is 4.79 Å². The Labute approximate surface area is 155 Å². The maximum atomic E-state index is 12.6. The van der Waals surface area contributed by atoms with Crippen molar-refractivity contribution in [3.63, 3.8) is 0 Å². The number of hydrogen-bond acceptors (Lipinski definition) is 6. The van der Waals surface area contributed by atoms with E-state index in [1.165, 1.54) is 0 Å². The van der Waals surface area contributed by atoms with Gasteiger partial charge in [-0.3, -0.25) is 0 Å². The summed E-state index contributed by atoms with van der Waals surface area (Å²) in [6, 6.07) is 7.25. The fraction of sp³-hybridized carbons (Fsp3) is 0.235. The molecule has 0 fully saturated rings. The quantitative estimate of drug-likeness (QED) is 0.557. The Morgan fingerprint density at radius 2 is 2.08 bits per heavy atom. The van der Waals surface area contributed by atoms with Crippen LogP contribution in [0, 0.1) is 4.77 Å². The van der Waals surface area contributed by atoms with Crippen LogP contribution in [0.1, 0.15) is 30.9 Å². The van der Waals surface area contributed by atoms with E-state index >= 15 is 0 Å². The zero-order valence-corrected chi connectivity index (χ0v) is 15.3. The highest BCUT2D eigenvalue weighted by Crippen LogP contribution is 2.43. The highest BCUT2D eigenvalue weighted by Gasteiger charge is 2.35. The van der Waals surface area contributed by atoms with Gasteiger partial charge in [0, 0.05) is 16.3 Å². The topological polar surface area (TPSA) is 93.0 Å². The van der Waals surface area contributed by atoms with Gasteiger partial charge in [-0.1, -0.05) is 23.7 Å². The number of nitrogens with one attached hydrogen (secondary N) is 2. The van der Waals surface area contributed by atoms with Crippen LogP contribution in [0.2, 0.25) is 5.02 Å². The van der Waals surface area contributed by atoms with Gasteiger partial charge in [0.15, 0.2) is 4.77 Å². The van der Waals surface area contributed by atoms with Gasteiger partial charge in [0.1, 0.15) is 11.6 Å². The maximum Gasteiger partial charge on any atom is 0.336 e. The van der Waals surface area contributed by atoms with Crippen LogP contribution in [-0.2, 0) is 9.53 Å². The summed E-state index contributed by atoms with van der Waals surface area (Å²) in [7, 11) is 0.